The van der Waals surface area contributed by atoms with E-state index in [1.807, 2.05) is 38.1 Å². The predicted molar refractivity (Wildman–Crippen MR) is 108 cm³/mol. The third-order valence-electron chi connectivity index (χ3n) is 5.02. The van der Waals surface area contributed by atoms with Crippen molar-refractivity contribution < 1.29 is 14.4 Å². The highest BCUT2D eigenvalue weighted by atomic mass is 16.2. The van der Waals surface area contributed by atoms with Gasteiger partial charge in [0.05, 0.1) is 11.6 Å². The predicted octanol–water partition coefficient (Wildman–Crippen LogP) is 3.09. The number of carbonyl (C=O) groups excluding carboxylic acids is 3. The summed E-state index contributed by atoms with van der Waals surface area (Å²) in [6, 6.07) is 15.2. The molecule has 0 bridgehead atoms. The molecule has 2 aromatic rings. The molecule has 0 spiro atoms. The van der Waals surface area contributed by atoms with Crippen molar-refractivity contribution in [2.45, 2.75) is 32.2 Å². The van der Waals surface area contributed by atoms with Gasteiger partial charge in [0.1, 0.15) is 12.1 Å². The molecule has 0 aromatic heterocycles. The van der Waals surface area contributed by atoms with Gasteiger partial charge < -0.3 is 10.6 Å². The summed E-state index contributed by atoms with van der Waals surface area (Å²) < 4.78 is 0. The highest BCUT2D eigenvalue weighted by Crippen LogP contribution is 2.29. The second kappa shape index (κ2) is 7.76. The van der Waals surface area contributed by atoms with E-state index in [1.54, 1.807) is 37.3 Å². The summed E-state index contributed by atoms with van der Waals surface area (Å²) in [4.78, 5) is 38.8. The van der Waals surface area contributed by atoms with Crippen molar-refractivity contribution in [1.82, 2.24) is 10.2 Å². The van der Waals surface area contributed by atoms with E-state index in [0.717, 1.165) is 10.5 Å². The number of hydrogen-bond acceptors (Lipinski definition) is 4. The van der Waals surface area contributed by atoms with Gasteiger partial charge >= 0.3 is 6.03 Å². The van der Waals surface area contributed by atoms with E-state index in [0.29, 0.717) is 16.8 Å². The molecule has 3 rings (SSSR count). The number of nitrogens with one attached hydrogen (secondary N) is 2. The van der Waals surface area contributed by atoms with Crippen molar-refractivity contribution in [3.63, 3.8) is 0 Å². The lowest BCUT2D eigenvalue weighted by atomic mass is 9.91. The van der Waals surface area contributed by atoms with Crippen molar-refractivity contribution in [2.24, 2.45) is 0 Å². The molecule has 0 radical (unpaired) electrons. The van der Waals surface area contributed by atoms with E-state index in [4.69, 9.17) is 5.26 Å². The first-order valence-electron chi connectivity index (χ1n) is 9.30. The fraction of sp³-hybridized carbons (Fsp3) is 0.273. The molecule has 1 heterocycles. The minimum absolute atomic E-state index is 0.211. The van der Waals surface area contributed by atoms with Crippen LogP contribution in [0.5, 0.6) is 0 Å². The molecule has 1 unspecified atom stereocenters. The second-order valence-corrected chi connectivity index (χ2v) is 7.43. The number of benzene rings is 2. The Labute approximate surface area is 169 Å². The lowest BCUT2D eigenvalue weighted by Crippen LogP contribution is -2.42. The Morgan fingerprint density at radius 3 is 2.45 bits per heavy atom. The van der Waals surface area contributed by atoms with Gasteiger partial charge in [0.15, 0.2) is 0 Å². The summed E-state index contributed by atoms with van der Waals surface area (Å²) in [5, 5.41) is 14.4. The maximum atomic E-state index is 13.0. The van der Waals surface area contributed by atoms with Gasteiger partial charge in [-0.15, -0.1) is 0 Å². The molecule has 0 saturated carbocycles. The Morgan fingerprint density at radius 1 is 1.17 bits per heavy atom. The van der Waals surface area contributed by atoms with Crippen LogP contribution in [-0.4, -0.2) is 29.3 Å². The van der Waals surface area contributed by atoms with E-state index in [9.17, 15) is 14.4 Å². The minimum Gasteiger partial charge on any atom is -0.324 e. The fourth-order valence-corrected chi connectivity index (χ4v) is 3.36. The average molecular weight is 390 g/mol. The zero-order chi connectivity index (χ0) is 21.2. The Morgan fingerprint density at radius 2 is 1.83 bits per heavy atom. The Hall–Kier alpha value is -3.66. The molecule has 2 aromatic carbocycles. The lowest BCUT2D eigenvalue weighted by Gasteiger charge is -2.22. The zero-order valence-corrected chi connectivity index (χ0v) is 16.5. The maximum absolute atomic E-state index is 13.0. The van der Waals surface area contributed by atoms with Gasteiger partial charge in [-0.2, -0.15) is 5.26 Å². The van der Waals surface area contributed by atoms with Crippen LogP contribution in [0.15, 0.2) is 48.5 Å². The molecule has 2 N–H and O–H groups in total. The van der Waals surface area contributed by atoms with Crippen LogP contribution in [0.3, 0.4) is 0 Å². The Bertz CT molecular complexity index is 1010. The number of para-hydroxylation sites is 1. The number of anilines is 1. The van der Waals surface area contributed by atoms with Gasteiger partial charge in [-0.3, -0.25) is 14.5 Å². The first-order chi connectivity index (χ1) is 13.8. The first-order valence-corrected chi connectivity index (χ1v) is 9.30. The van der Waals surface area contributed by atoms with E-state index in [2.05, 4.69) is 10.6 Å². The van der Waals surface area contributed by atoms with Crippen molar-refractivity contribution in [3.05, 3.63) is 65.2 Å². The summed E-state index contributed by atoms with van der Waals surface area (Å²) in [6.07, 6.45) is 0. The van der Waals surface area contributed by atoms with Gasteiger partial charge in [0.25, 0.3) is 5.91 Å². The topological polar surface area (TPSA) is 102 Å². The highest BCUT2D eigenvalue weighted by Gasteiger charge is 2.49. The third-order valence-corrected chi connectivity index (χ3v) is 5.02. The molecule has 7 heteroatoms. The van der Waals surface area contributed by atoms with Crippen molar-refractivity contribution in [2.75, 3.05) is 11.9 Å². The molecule has 0 aliphatic carbocycles. The monoisotopic (exact) mass is 390 g/mol. The van der Waals surface area contributed by atoms with Crippen LogP contribution < -0.4 is 10.6 Å². The smallest absolute Gasteiger partial charge is 0.324 e. The molecular weight excluding hydrogens is 368 g/mol. The molecule has 1 aliphatic rings. The zero-order valence-electron chi connectivity index (χ0n) is 16.5. The van der Waals surface area contributed by atoms with E-state index < -0.39 is 23.4 Å². The molecule has 1 fully saturated rings. The van der Waals surface area contributed by atoms with Gasteiger partial charge in [-0.05, 0) is 42.2 Å². The van der Waals surface area contributed by atoms with Crippen molar-refractivity contribution in [1.29, 1.82) is 5.26 Å². The van der Waals surface area contributed by atoms with Gasteiger partial charge in [-0.25, -0.2) is 4.79 Å². The molecule has 4 amide bonds. The summed E-state index contributed by atoms with van der Waals surface area (Å²) >= 11 is 0. The second-order valence-electron chi connectivity index (χ2n) is 7.43. The number of rotatable bonds is 5. The van der Waals surface area contributed by atoms with Crippen LogP contribution in [0.25, 0.3) is 0 Å². The van der Waals surface area contributed by atoms with Crippen molar-refractivity contribution >= 4 is 23.5 Å². The Balaban J connectivity index is 1.76. The summed E-state index contributed by atoms with van der Waals surface area (Å²) in [5.74, 6) is -0.756. The largest absolute Gasteiger partial charge is 0.325 e. The number of nitriles is 1. The minimum atomic E-state index is -1.29. The average Bonchev–Trinajstić information content (AvgIpc) is 2.92. The number of amides is 4. The first kappa shape index (κ1) is 20.1. The number of urea groups is 1. The van der Waals surface area contributed by atoms with Gasteiger partial charge in [0.2, 0.25) is 5.91 Å². The van der Waals surface area contributed by atoms with Crippen LogP contribution in [-0.2, 0) is 15.1 Å². The quantitative estimate of drug-likeness (QED) is 0.766. The third kappa shape index (κ3) is 3.83. The summed E-state index contributed by atoms with van der Waals surface area (Å²) in [6.45, 7) is 5.24. The van der Waals surface area contributed by atoms with Crippen molar-refractivity contribution in [3.8, 4) is 6.07 Å². The number of hydrogen-bond donors (Lipinski definition) is 2. The molecule has 1 aliphatic heterocycles. The van der Waals surface area contributed by atoms with Crippen LogP contribution >= 0.6 is 0 Å². The highest BCUT2D eigenvalue weighted by molar-refractivity contribution is 6.10. The standard InChI is InChI=1S/C22H22N4O3/c1-14(2)17-6-4-5-7-18(17)24-19(27)13-26-20(28)22(3,25-21(26)29)16-10-8-15(12-23)9-11-16/h4-11,14H,13H2,1-3H3,(H,24,27)(H,25,29). The lowest BCUT2D eigenvalue weighted by molar-refractivity contribution is -0.133. The van der Waals surface area contributed by atoms with E-state index >= 15 is 0 Å². The van der Waals surface area contributed by atoms with Crippen LogP contribution in [0, 0.1) is 11.3 Å². The van der Waals surface area contributed by atoms with Crippen LogP contribution in [0.1, 0.15) is 43.4 Å². The molecule has 29 heavy (non-hydrogen) atoms. The van der Waals surface area contributed by atoms with E-state index in [-0.39, 0.29) is 12.5 Å². The molecule has 7 nitrogen and oxygen atoms in total. The Kier molecular flexibility index (Phi) is 5.37. The molecule has 148 valence electrons. The van der Waals surface area contributed by atoms with Crippen LogP contribution in [0.4, 0.5) is 10.5 Å². The summed E-state index contributed by atoms with van der Waals surface area (Å²) in [7, 11) is 0. The van der Waals surface area contributed by atoms with E-state index in [1.165, 1.54) is 0 Å². The number of imide groups is 1. The fourth-order valence-electron chi connectivity index (χ4n) is 3.36. The molecule has 1 saturated heterocycles. The SMILES string of the molecule is CC(C)c1ccccc1NC(=O)CN1C(=O)NC(C)(c2ccc(C#N)cc2)C1=O. The number of carbonyl (C=O) groups is 3. The normalized spacial score (nSPS) is 18.5. The molecule has 1 atom stereocenters. The molecular formula is C22H22N4O3. The maximum Gasteiger partial charge on any atom is 0.325 e. The summed E-state index contributed by atoms with van der Waals surface area (Å²) in [5.41, 5.74) is 1.34. The van der Waals surface area contributed by atoms with Crippen LogP contribution in [0.2, 0.25) is 0 Å². The number of nitrogens with zero attached hydrogens (tertiary/aromatic N) is 2. The van der Waals surface area contributed by atoms with Gasteiger partial charge in [-0.1, -0.05) is 44.2 Å². The van der Waals surface area contributed by atoms with Gasteiger partial charge in [0, 0.05) is 5.69 Å².